The number of pyridine rings is 1. The maximum atomic E-state index is 11.1. The second-order valence-electron chi connectivity index (χ2n) is 5.16. The molecule has 0 unspecified atom stereocenters. The number of hydrazine groups is 1. The highest BCUT2D eigenvalue weighted by molar-refractivity contribution is 5.55. The van der Waals surface area contributed by atoms with Crippen molar-refractivity contribution in [3.8, 4) is 6.07 Å². The van der Waals surface area contributed by atoms with Gasteiger partial charge in [0.05, 0.1) is 17.3 Å². The van der Waals surface area contributed by atoms with E-state index in [1.54, 1.807) is 12.1 Å². The first-order valence-electron chi connectivity index (χ1n) is 7.06. The lowest BCUT2D eigenvalue weighted by molar-refractivity contribution is -0.605. The first kappa shape index (κ1) is 13.5. The van der Waals surface area contributed by atoms with Crippen LogP contribution in [-0.2, 0) is 0 Å². The van der Waals surface area contributed by atoms with Gasteiger partial charge in [-0.1, -0.05) is 13.3 Å². The number of nitriles is 1. The van der Waals surface area contributed by atoms with Crippen LogP contribution in [0.3, 0.4) is 0 Å². The van der Waals surface area contributed by atoms with Crippen molar-refractivity contribution < 1.29 is 4.73 Å². The molecular weight excluding hydrogens is 266 g/mol. The molecule has 108 valence electrons. The molecule has 0 saturated carbocycles. The highest BCUT2D eigenvalue weighted by Crippen LogP contribution is 2.31. The number of aromatic nitrogens is 1. The monoisotopic (exact) mass is 283 g/mol. The second kappa shape index (κ2) is 5.46. The summed E-state index contributed by atoms with van der Waals surface area (Å²) in [6.07, 6.45) is 5.49. The Hall–Kier alpha value is -2.52. The minimum atomic E-state index is 0.687. The number of hydrogen-bond donors (Lipinski definition) is 2. The van der Waals surface area contributed by atoms with Gasteiger partial charge in [-0.15, -0.1) is 0 Å². The third-order valence-electron chi connectivity index (χ3n) is 3.71. The minimum absolute atomic E-state index is 0.687. The molecule has 3 heterocycles. The highest BCUT2D eigenvalue weighted by atomic mass is 16.5. The lowest BCUT2D eigenvalue weighted by atomic mass is 9.99. The molecule has 0 bridgehead atoms. The molecule has 2 N–H and O–H groups in total. The summed E-state index contributed by atoms with van der Waals surface area (Å²) in [5.41, 5.74) is 7.19. The van der Waals surface area contributed by atoms with E-state index in [0.29, 0.717) is 13.0 Å². The molecule has 2 aliphatic rings. The van der Waals surface area contributed by atoms with E-state index in [4.69, 9.17) is 0 Å². The number of dihydropyridines is 1. The molecule has 3 rings (SSSR count). The fourth-order valence-corrected chi connectivity index (χ4v) is 2.67. The summed E-state index contributed by atoms with van der Waals surface area (Å²) >= 11 is 0. The zero-order chi connectivity index (χ0) is 14.8. The Morgan fingerprint density at radius 3 is 2.86 bits per heavy atom. The van der Waals surface area contributed by atoms with E-state index in [0.717, 1.165) is 40.4 Å². The highest BCUT2D eigenvalue weighted by Gasteiger charge is 2.29. The van der Waals surface area contributed by atoms with Gasteiger partial charge in [-0.05, 0) is 12.0 Å². The Labute approximate surface area is 123 Å². The average molecular weight is 283 g/mol. The van der Waals surface area contributed by atoms with Crippen molar-refractivity contribution in [2.75, 3.05) is 11.6 Å². The summed E-state index contributed by atoms with van der Waals surface area (Å²) in [7, 11) is 0. The van der Waals surface area contributed by atoms with Crippen LogP contribution in [0.4, 0.5) is 5.69 Å². The topological polar surface area (TPSA) is 78.0 Å². The molecular formula is C15H17N5O. The number of anilines is 1. The second-order valence-corrected chi connectivity index (χ2v) is 5.16. The summed E-state index contributed by atoms with van der Waals surface area (Å²) < 4.78 is 0.763. The Morgan fingerprint density at radius 2 is 2.19 bits per heavy atom. The molecule has 0 radical (unpaired) electrons. The zero-order valence-electron chi connectivity index (χ0n) is 11.9. The molecule has 0 saturated heterocycles. The van der Waals surface area contributed by atoms with Gasteiger partial charge in [0.2, 0.25) is 0 Å². The molecule has 0 amide bonds. The molecule has 2 aliphatic heterocycles. The Bertz CT molecular complexity index is 654. The maximum Gasteiger partial charge on any atom is 0.182 e. The largest absolute Gasteiger partial charge is 0.619 e. The van der Waals surface area contributed by atoms with Gasteiger partial charge in [-0.2, -0.15) is 9.99 Å². The van der Waals surface area contributed by atoms with Crippen LogP contribution in [0.25, 0.3) is 0 Å². The average Bonchev–Trinajstić information content (AvgIpc) is 2.90. The van der Waals surface area contributed by atoms with Crippen molar-refractivity contribution >= 4 is 5.69 Å². The van der Waals surface area contributed by atoms with Crippen molar-refractivity contribution in [2.45, 2.75) is 26.2 Å². The normalized spacial score (nSPS) is 17.6. The van der Waals surface area contributed by atoms with E-state index >= 15 is 0 Å². The van der Waals surface area contributed by atoms with Crippen molar-refractivity contribution in [1.82, 2.24) is 10.7 Å². The van der Waals surface area contributed by atoms with E-state index in [-0.39, 0.29) is 0 Å². The predicted octanol–water partition coefficient (Wildman–Crippen LogP) is 1.43. The Balaban J connectivity index is 1.88. The first-order valence-corrected chi connectivity index (χ1v) is 7.06. The molecule has 0 fully saturated rings. The minimum Gasteiger partial charge on any atom is -0.619 e. The van der Waals surface area contributed by atoms with Gasteiger partial charge >= 0.3 is 0 Å². The first-order chi connectivity index (χ1) is 10.2. The summed E-state index contributed by atoms with van der Waals surface area (Å²) in [4.78, 5) is 0. The molecule has 0 atom stereocenters. The number of nitrogens with one attached hydrogen (secondary N) is 2. The Morgan fingerprint density at radius 1 is 1.43 bits per heavy atom. The third kappa shape index (κ3) is 2.43. The number of hydrogen-bond acceptors (Lipinski definition) is 5. The molecule has 6 nitrogen and oxygen atoms in total. The summed E-state index contributed by atoms with van der Waals surface area (Å²) in [6, 6.07) is 5.83. The molecule has 0 aromatic carbocycles. The van der Waals surface area contributed by atoms with Gasteiger partial charge in [0.15, 0.2) is 12.4 Å². The Kier molecular flexibility index (Phi) is 3.50. The van der Waals surface area contributed by atoms with Gasteiger partial charge in [0.1, 0.15) is 5.82 Å². The van der Waals surface area contributed by atoms with Crippen molar-refractivity contribution in [1.29, 1.82) is 5.26 Å². The number of allylic oxidation sites excluding steroid dienone is 2. The molecule has 0 spiro atoms. The fourth-order valence-electron chi connectivity index (χ4n) is 2.67. The van der Waals surface area contributed by atoms with Crippen LogP contribution in [-0.4, -0.2) is 6.54 Å². The van der Waals surface area contributed by atoms with E-state index in [1.165, 1.54) is 18.0 Å². The lowest BCUT2D eigenvalue weighted by Gasteiger charge is -2.27. The fraction of sp³-hybridized carbons (Fsp3) is 0.333. The smallest absolute Gasteiger partial charge is 0.182 e. The molecule has 0 aliphatic carbocycles. The number of rotatable bonds is 3. The van der Waals surface area contributed by atoms with Crippen LogP contribution in [0.15, 0.2) is 47.2 Å². The van der Waals surface area contributed by atoms with Crippen molar-refractivity contribution in [3.63, 3.8) is 0 Å². The lowest BCUT2D eigenvalue weighted by Crippen LogP contribution is -2.38. The van der Waals surface area contributed by atoms with Crippen LogP contribution in [0, 0.1) is 16.5 Å². The molecule has 21 heavy (non-hydrogen) atoms. The van der Waals surface area contributed by atoms with Crippen LogP contribution >= 0.6 is 0 Å². The molecule has 1 aromatic rings. The van der Waals surface area contributed by atoms with E-state index in [1.807, 2.05) is 5.01 Å². The van der Waals surface area contributed by atoms with Crippen molar-refractivity contribution in [2.24, 2.45) is 0 Å². The van der Waals surface area contributed by atoms with Crippen LogP contribution in [0.1, 0.15) is 26.2 Å². The third-order valence-corrected chi connectivity index (χ3v) is 3.71. The standard InChI is InChI=1S/C15H17N5O/c1-2-3-14-11(9-16)8-12-10-17-20(15(12)18-14)13-4-6-19(21)7-5-13/h4-7,17-18H,2-3,8,10H2,1H3. The van der Waals surface area contributed by atoms with Gasteiger partial charge in [-0.3, -0.25) is 5.01 Å². The SMILES string of the molecule is CCCC1=C(C#N)CC2=C(N1)N(c1cc[n+]([O-])cc1)NC2. The van der Waals surface area contributed by atoms with Crippen LogP contribution in [0.5, 0.6) is 0 Å². The maximum absolute atomic E-state index is 11.1. The zero-order valence-corrected chi connectivity index (χ0v) is 11.9. The predicted molar refractivity (Wildman–Crippen MR) is 78.2 cm³/mol. The quantitative estimate of drug-likeness (QED) is 0.648. The molecule has 6 heteroatoms. The van der Waals surface area contributed by atoms with E-state index in [2.05, 4.69) is 23.7 Å². The summed E-state index contributed by atoms with van der Waals surface area (Å²) in [6.45, 7) is 2.81. The van der Waals surface area contributed by atoms with Gasteiger partial charge in [-0.25, -0.2) is 5.43 Å². The molecule has 1 aromatic heterocycles. The van der Waals surface area contributed by atoms with Gasteiger partial charge in [0, 0.05) is 30.8 Å². The van der Waals surface area contributed by atoms with Crippen molar-refractivity contribution in [3.05, 3.63) is 52.4 Å². The van der Waals surface area contributed by atoms with E-state index < -0.39 is 0 Å². The van der Waals surface area contributed by atoms with Gasteiger partial charge < -0.3 is 10.5 Å². The van der Waals surface area contributed by atoms with Crippen LogP contribution < -0.4 is 20.5 Å². The summed E-state index contributed by atoms with van der Waals surface area (Å²) in [5.74, 6) is 0.987. The van der Waals surface area contributed by atoms with E-state index in [9.17, 15) is 10.5 Å². The van der Waals surface area contributed by atoms with Crippen LogP contribution in [0.2, 0.25) is 0 Å². The summed E-state index contributed by atoms with van der Waals surface area (Å²) in [5, 5.41) is 25.8. The van der Waals surface area contributed by atoms with Gasteiger partial charge in [0.25, 0.3) is 0 Å². The number of nitrogens with zero attached hydrogens (tertiary/aromatic N) is 3.